The molecule has 7 rings (SSSR count). The molecule has 0 saturated heterocycles. The Morgan fingerprint density at radius 3 is 2.43 bits per heavy atom. The van der Waals surface area contributed by atoms with Gasteiger partial charge in [-0.25, -0.2) is 0 Å². The molecule has 42 heavy (non-hydrogen) atoms. The number of pyridine rings is 2. The molecule has 3 nitrogen and oxygen atoms in total. The summed E-state index contributed by atoms with van der Waals surface area (Å²) in [4.78, 5) is 8.84. The maximum absolute atomic E-state index is 7.23. The molecule has 0 N–H and O–H groups in total. The molecule has 5 heteroatoms. The van der Waals surface area contributed by atoms with Crippen LogP contribution in [0.3, 0.4) is 0 Å². The number of hydrogen-bond donors (Lipinski definition) is 0. The number of benzene rings is 3. The predicted octanol–water partition coefficient (Wildman–Crippen LogP) is 9.51. The van der Waals surface area contributed by atoms with E-state index >= 15 is 0 Å². The number of hydrogen-bond acceptors (Lipinski definition) is 3. The second kappa shape index (κ2) is 12.9. The predicted molar refractivity (Wildman–Crippen MR) is 173 cm³/mol. The zero-order valence-electron chi connectivity index (χ0n) is 27.2. The minimum absolute atomic E-state index is 0. The van der Waals surface area contributed by atoms with Crippen molar-refractivity contribution in [2.45, 2.75) is 58.1 Å². The van der Waals surface area contributed by atoms with Crippen LogP contribution in [0, 0.1) is 19.0 Å². The summed E-state index contributed by atoms with van der Waals surface area (Å²) in [5.41, 5.74) is 7.13. The number of rotatable bonds is 4. The Hall–Kier alpha value is -3.37. The molecule has 1 fully saturated rings. The fraction of sp³-hybridized carbons (Fsp3) is 0.243. The van der Waals surface area contributed by atoms with Gasteiger partial charge in [0.05, 0.1) is 5.58 Å². The van der Waals surface area contributed by atoms with Crippen molar-refractivity contribution >= 4 is 35.2 Å². The number of aryl methyl sites for hydroxylation is 1. The Labute approximate surface area is 268 Å². The fourth-order valence-electron chi connectivity index (χ4n) is 5.76. The van der Waals surface area contributed by atoms with E-state index in [4.69, 9.17) is 13.5 Å². The molecule has 1 saturated carbocycles. The molecular formula is C37H36IrN2OSi-2. The monoisotopic (exact) mass is 748 g/mol. The average molecular weight is 748 g/mol. The summed E-state index contributed by atoms with van der Waals surface area (Å²) < 4.78 is 28.1. The zero-order valence-corrected chi connectivity index (χ0v) is 27.6. The summed E-state index contributed by atoms with van der Waals surface area (Å²) in [6, 6.07) is 32.4. The van der Waals surface area contributed by atoms with Crippen LogP contribution in [0.1, 0.15) is 46.8 Å². The third-order valence-corrected chi connectivity index (χ3v) is 9.89. The quantitative estimate of drug-likeness (QED) is 0.133. The Bertz CT molecular complexity index is 1890. The van der Waals surface area contributed by atoms with Gasteiger partial charge in [-0.05, 0) is 54.7 Å². The van der Waals surface area contributed by atoms with Gasteiger partial charge in [0.1, 0.15) is 5.58 Å². The van der Waals surface area contributed by atoms with Crippen molar-refractivity contribution in [1.29, 1.82) is 0 Å². The van der Waals surface area contributed by atoms with Crippen molar-refractivity contribution in [3.8, 4) is 22.5 Å². The van der Waals surface area contributed by atoms with Crippen LogP contribution in [-0.4, -0.2) is 18.0 Å². The molecule has 0 spiro atoms. The Morgan fingerprint density at radius 2 is 1.71 bits per heavy atom. The third-order valence-electron chi connectivity index (χ3n) is 7.88. The van der Waals surface area contributed by atoms with Crippen LogP contribution in [0.15, 0.2) is 95.7 Å². The maximum atomic E-state index is 7.23. The number of aromatic nitrogens is 2. The van der Waals surface area contributed by atoms with Crippen molar-refractivity contribution in [3.05, 3.63) is 115 Å². The van der Waals surface area contributed by atoms with E-state index < -0.39 is 14.9 Å². The van der Waals surface area contributed by atoms with Crippen molar-refractivity contribution < 1.29 is 28.6 Å². The molecule has 0 bridgehead atoms. The van der Waals surface area contributed by atoms with Crippen LogP contribution in [-0.2, 0) is 20.1 Å². The SMILES string of the molecule is C[Si](C)(C)c1c[c-]c(-c2cc(C3CCCC3)ccn2)c2oc3ccccc3c12.[2H]C([2H])([2H])c1ccc(-c2[c-]cccc2)nc1.[Ir]. The first-order valence-corrected chi connectivity index (χ1v) is 17.9. The minimum atomic E-state index is -2.09. The van der Waals surface area contributed by atoms with Gasteiger partial charge in [0.2, 0.25) is 0 Å². The molecular weight excluding hydrogens is 709 g/mol. The van der Waals surface area contributed by atoms with Gasteiger partial charge in [0, 0.05) is 50.1 Å². The van der Waals surface area contributed by atoms with Crippen LogP contribution in [0.4, 0.5) is 0 Å². The van der Waals surface area contributed by atoms with E-state index in [0.29, 0.717) is 5.92 Å². The number of para-hydroxylation sites is 1. The summed E-state index contributed by atoms with van der Waals surface area (Å²) in [5, 5.41) is 3.87. The summed E-state index contributed by atoms with van der Waals surface area (Å²) in [6.07, 6.45) is 8.62. The first-order valence-electron chi connectivity index (χ1n) is 15.9. The number of nitrogens with zero attached hydrogens (tertiary/aromatic N) is 2. The standard InChI is InChI=1S/C25H26NOSi.C12H10N.Ir/c1-28(2,3)23-13-12-19(25-24(23)20-10-6-7-11-22(20)27-25)21-16-18(14-15-26-21)17-8-4-5-9-17;1-10-7-8-12(13-9-10)11-5-3-2-4-6-11;/h6-7,10-11,13-17H,4-5,8-9H2,1-3H3;2-5,7-9H,1H3;/q2*-1;/i;1D3;. The van der Waals surface area contributed by atoms with Crippen LogP contribution >= 0.6 is 0 Å². The van der Waals surface area contributed by atoms with E-state index in [-0.39, 0.29) is 25.7 Å². The Kier molecular flexibility index (Phi) is 8.05. The van der Waals surface area contributed by atoms with Crippen molar-refractivity contribution in [2.75, 3.05) is 0 Å². The molecule has 0 aliphatic heterocycles. The van der Waals surface area contributed by atoms with E-state index in [2.05, 4.69) is 73.2 Å². The van der Waals surface area contributed by atoms with Gasteiger partial charge in [-0.3, -0.25) is 0 Å². The molecule has 0 atom stereocenters. The molecule has 6 aromatic rings. The molecule has 1 aliphatic rings. The van der Waals surface area contributed by atoms with Gasteiger partial charge >= 0.3 is 0 Å². The second-order valence-corrected chi connectivity index (χ2v) is 16.8. The van der Waals surface area contributed by atoms with Gasteiger partial charge in [-0.1, -0.05) is 85.4 Å². The van der Waals surface area contributed by atoms with E-state index in [1.54, 1.807) is 18.2 Å². The van der Waals surface area contributed by atoms with E-state index in [0.717, 1.165) is 33.7 Å². The van der Waals surface area contributed by atoms with Gasteiger partial charge in [0.25, 0.3) is 0 Å². The Morgan fingerprint density at radius 1 is 0.905 bits per heavy atom. The molecule has 215 valence electrons. The van der Waals surface area contributed by atoms with Gasteiger partial charge in [-0.2, -0.15) is 0 Å². The topological polar surface area (TPSA) is 38.9 Å². The normalized spacial score (nSPS) is 14.9. The van der Waals surface area contributed by atoms with E-state index in [9.17, 15) is 0 Å². The van der Waals surface area contributed by atoms with E-state index in [1.165, 1.54) is 53.4 Å². The third kappa shape index (κ3) is 6.34. The summed E-state index contributed by atoms with van der Waals surface area (Å²) >= 11 is 0. The summed E-state index contributed by atoms with van der Waals surface area (Å²) in [5.74, 6) is 0.675. The fourth-order valence-corrected chi connectivity index (χ4v) is 7.26. The van der Waals surface area contributed by atoms with Crippen molar-refractivity contribution in [2.24, 2.45) is 0 Å². The summed E-state index contributed by atoms with van der Waals surface area (Å²) in [6.45, 7) is 5.06. The Balaban J connectivity index is 0.000000202. The van der Waals surface area contributed by atoms with E-state index in [1.807, 2.05) is 30.5 Å². The number of fused-ring (bicyclic) bond motifs is 3. The van der Waals surface area contributed by atoms with Crippen LogP contribution in [0.25, 0.3) is 44.5 Å². The van der Waals surface area contributed by atoms with Gasteiger partial charge < -0.3 is 14.4 Å². The first-order chi connectivity index (χ1) is 21.1. The summed E-state index contributed by atoms with van der Waals surface area (Å²) in [7, 11) is -1.55. The molecule has 1 aliphatic carbocycles. The van der Waals surface area contributed by atoms with Crippen LogP contribution in [0.2, 0.25) is 19.6 Å². The zero-order chi connectivity index (χ0) is 30.9. The molecule has 3 aromatic heterocycles. The molecule has 3 heterocycles. The second-order valence-electron chi connectivity index (χ2n) is 11.8. The van der Waals surface area contributed by atoms with Gasteiger partial charge in [-0.15, -0.1) is 53.2 Å². The molecule has 0 amide bonds. The smallest absolute Gasteiger partial charge is 0.120 e. The van der Waals surface area contributed by atoms with Crippen LogP contribution in [0.5, 0.6) is 0 Å². The minimum Gasteiger partial charge on any atom is -0.501 e. The maximum Gasteiger partial charge on any atom is 0.120 e. The molecule has 3 aromatic carbocycles. The number of furan rings is 1. The molecule has 0 unspecified atom stereocenters. The van der Waals surface area contributed by atoms with Crippen LogP contribution < -0.4 is 5.19 Å². The van der Waals surface area contributed by atoms with Gasteiger partial charge in [0.15, 0.2) is 0 Å². The molecule has 1 radical (unpaired) electrons. The van der Waals surface area contributed by atoms with Crippen molar-refractivity contribution in [3.63, 3.8) is 0 Å². The van der Waals surface area contributed by atoms with Crippen molar-refractivity contribution in [1.82, 2.24) is 9.97 Å². The first kappa shape index (κ1) is 26.3. The average Bonchev–Trinajstić information content (AvgIpc) is 3.70. The largest absolute Gasteiger partial charge is 0.501 e.